The average molecular weight is 443 g/mol. The maximum Gasteiger partial charge on any atom is 0.259 e. The summed E-state index contributed by atoms with van der Waals surface area (Å²) < 4.78 is 18.1. The van der Waals surface area contributed by atoms with Gasteiger partial charge in [0.1, 0.15) is 6.61 Å². The molecule has 0 saturated heterocycles. The third-order valence-electron chi connectivity index (χ3n) is 4.89. The van der Waals surface area contributed by atoms with Gasteiger partial charge in [0.15, 0.2) is 17.3 Å². The second kappa shape index (κ2) is 8.87. The number of nitrogens with one attached hydrogen (secondary N) is 1. The van der Waals surface area contributed by atoms with Crippen LogP contribution in [0.25, 0.3) is 17.4 Å². The number of nitrogens with zero attached hydrogens (tertiary/aromatic N) is 5. The molecule has 0 aliphatic rings. The van der Waals surface area contributed by atoms with Crippen molar-refractivity contribution in [2.75, 3.05) is 18.2 Å². The Labute approximate surface area is 189 Å². The van der Waals surface area contributed by atoms with Gasteiger partial charge in [-0.05, 0) is 35.4 Å². The van der Waals surface area contributed by atoms with Crippen LogP contribution in [0, 0.1) is 0 Å². The summed E-state index contributed by atoms with van der Waals surface area (Å²) in [4.78, 5) is 13.0. The van der Waals surface area contributed by atoms with Gasteiger partial charge in [-0.1, -0.05) is 36.4 Å². The Bertz CT molecular complexity index is 1370. The van der Waals surface area contributed by atoms with Crippen molar-refractivity contribution in [3.63, 3.8) is 0 Å². The lowest BCUT2D eigenvalue weighted by Crippen LogP contribution is -2.10. The summed E-state index contributed by atoms with van der Waals surface area (Å²) in [6.45, 7) is 0.885. The molecule has 0 aliphatic carbocycles. The lowest BCUT2D eigenvalue weighted by molar-refractivity contribution is 0.284. The van der Waals surface area contributed by atoms with E-state index in [0.29, 0.717) is 48.0 Å². The molecule has 10 heteroatoms. The molecule has 33 heavy (non-hydrogen) atoms. The second-order valence-corrected chi connectivity index (χ2v) is 7.14. The Morgan fingerprint density at radius 3 is 2.64 bits per heavy atom. The minimum absolute atomic E-state index is 0.162. The molecule has 0 fully saturated rings. The van der Waals surface area contributed by atoms with E-state index in [1.54, 1.807) is 25.5 Å². The average Bonchev–Trinajstić information content (AvgIpc) is 3.52. The molecule has 10 nitrogen and oxygen atoms in total. The molecule has 0 saturated carbocycles. The molecule has 5 rings (SSSR count). The van der Waals surface area contributed by atoms with E-state index < -0.39 is 0 Å². The lowest BCUT2D eigenvalue weighted by Gasteiger charge is -2.13. The van der Waals surface area contributed by atoms with E-state index in [-0.39, 0.29) is 5.95 Å². The molecule has 0 atom stereocenters. The number of nitrogen functional groups attached to an aromatic ring is 1. The fourth-order valence-corrected chi connectivity index (χ4v) is 3.26. The molecular weight excluding hydrogens is 422 g/mol. The third-order valence-corrected chi connectivity index (χ3v) is 4.89. The van der Waals surface area contributed by atoms with Crippen LogP contribution in [-0.2, 0) is 13.2 Å². The molecule has 0 radical (unpaired) electrons. The maximum atomic E-state index is 6.05. The summed E-state index contributed by atoms with van der Waals surface area (Å²) >= 11 is 0. The molecule has 5 aromatic rings. The Morgan fingerprint density at radius 1 is 0.970 bits per heavy atom. The van der Waals surface area contributed by atoms with Gasteiger partial charge in [-0.3, -0.25) is 0 Å². The fourth-order valence-electron chi connectivity index (χ4n) is 3.26. The number of hydrogen-bond acceptors (Lipinski definition) is 9. The number of ether oxygens (including phenoxy) is 2. The van der Waals surface area contributed by atoms with Gasteiger partial charge in [-0.15, -0.1) is 5.10 Å². The highest BCUT2D eigenvalue weighted by Gasteiger charge is 2.14. The van der Waals surface area contributed by atoms with Gasteiger partial charge in [0.25, 0.3) is 5.78 Å². The van der Waals surface area contributed by atoms with Gasteiger partial charge in [0.2, 0.25) is 17.7 Å². The third kappa shape index (κ3) is 4.40. The van der Waals surface area contributed by atoms with Crippen LogP contribution < -0.4 is 20.5 Å². The SMILES string of the molecule is COc1ccc(CNc2nc(N)n3nc(-c4ccco4)nc3n2)cc1OCc1ccccc1. The summed E-state index contributed by atoms with van der Waals surface area (Å²) in [5.41, 5.74) is 8.08. The molecule has 166 valence electrons. The van der Waals surface area contributed by atoms with Gasteiger partial charge in [-0.2, -0.15) is 19.5 Å². The first kappa shape index (κ1) is 20.3. The van der Waals surface area contributed by atoms with Crippen molar-refractivity contribution in [3.05, 3.63) is 78.1 Å². The summed E-state index contributed by atoms with van der Waals surface area (Å²) in [5.74, 6) is 3.03. The molecule has 0 unspecified atom stereocenters. The molecular formula is C23H21N7O3. The van der Waals surface area contributed by atoms with Gasteiger partial charge in [0, 0.05) is 6.54 Å². The minimum atomic E-state index is 0.162. The molecule has 3 aromatic heterocycles. The molecule has 0 bridgehead atoms. The van der Waals surface area contributed by atoms with Crippen LogP contribution >= 0.6 is 0 Å². The highest BCUT2D eigenvalue weighted by molar-refractivity contribution is 5.53. The van der Waals surface area contributed by atoms with Gasteiger partial charge in [0.05, 0.1) is 13.4 Å². The maximum absolute atomic E-state index is 6.05. The second-order valence-electron chi connectivity index (χ2n) is 7.14. The number of rotatable bonds is 8. The van der Waals surface area contributed by atoms with Gasteiger partial charge in [-0.25, -0.2) is 0 Å². The number of nitrogens with two attached hydrogens (primary N) is 1. The number of benzene rings is 2. The van der Waals surface area contributed by atoms with Crippen molar-refractivity contribution in [3.8, 4) is 23.1 Å². The van der Waals surface area contributed by atoms with Crippen molar-refractivity contribution in [2.45, 2.75) is 13.2 Å². The number of methoxy groups -OCH3 is 1. The standard InChI is InChI=1S/C23H21N7O3/c1-31-17-10-9-16(12-19(17)33-14-15-6-3-2-4-7-15)13-25-22-27-21(24)30-23(28-22)26-20(29-30)18-8-5-11-32-18/h2-12H,13-14H2,1H3,(H3,24,25,26,27,28,29). The number of fused-ring (bicyclic) bond motifs is 1. The summed E-state index contributed by atoms with van der Waals surface area (Å²) in [5, 5.41) is 7.47. The smallest absolute Gasteiger partial charge is 0.259 e. The van der Waals surface area contributed by atoms with E-state index in [1.807, 2.05) is 48.5 Å². The first-order valence-corrected chi connectivity index (χ1v) is 10.2. The number of anilines is 2. The first-order chi connectivity index (χ1) is 16.2. The van der Waals surface area contributed by atoms with Crippen LogP contribution in [0.3, 0.4) is 0 Å². The molecule has 0 spiro atoms. The van der Waals surface area contributed by atoms with Crippen LogP contribution in [0.1, 0.15) is 11.1 Å². The Balaban J connectivity index is 1.32. The van der Waals surface area contributed by atoms with E-state index in [9.17, 15) is 0 Å². The van der Waals surface area contributed by atoms with Crippen molar-refractivity contribution < 1.29 is 13.9 Å². The van der Waals surface area contributed by atoms with E-state index in [2.05, 4.69) is 25.4 Å². The normalized spacial score (nSPS) is 10.9. The number of aromatic nitrogens is 5. The topological polar surface area (TPSA) is 126 Å². The molecule has 0 aliphatic heterocycles. The number of hydrogen-bond donors (Lipinski definition) is 2. The number of furan rings is 1. The Hall–Kier alpha value is -4.60. The zero-order valence-electron chi connectivity index (χ0n) is 17.8. The van der Waals surface area contributed by atoms with Crippen molar-refractivity contribution in [1.82, 2.24) is 24.6 Å². The predicted molar refractivity (Wildman–Crippen MR) is 122 cm³/mol. The Kier molecular flexibility index (Phi) is 5.46. The zero-order valence-corrected chi connectivity index (χ0v) is 17.8. The molecule has 3 heterocycles. The first-order valence-electron chi connectivity index (χ1n) is 10.2. The lowest BCUT2D eigenvalue weighted by atomic mass is 10.2. The van der Waals surface area contributed by atoms with Crippen LogP contribution in [0.4, 0.5) is 11.9 Å². The summed E-state index contributed by atoms with van der Waals surface area (Å²) in [6.07, 6.45) is 1.55. The summed E-state index contributed by atoms with van der Waals surface area (Å²) in [7, 11) is 1.62. The minimum Gasteiger partial charge on any atom is -0.493 e. The quantitative estimate of drug-likeness (QED) is 0.370. The highest BCUT2D eigenvalue weighted by Crippen LogP contribution is 2.29. The van der Waals surface area contributed by atoms with Crippen LogP contribution in [0.15, 0.2) is 71.3 Å². The van der Waals surface area contributed by atoms with Gasteiger partial charge >= 0.3 is 0 Å². The van der Waals surface area contributed by atoms with E-state index in [4.69, 9.17) is 19.6 Å². The largest absolute Gasteiger partial charge is 0.493 e. The monoisotopic (exact) mass is 443 g/mol. The molecule has 2 aromatic carbocycles. The van der Waals surface area contributed by atoms with Crippen LogP contribution in [0.5, 0.6) is 11.5 Å². The molecule has 3 N–H and O–H groups in total. The van der Waals surface area contributed by atoms with Crippen molar-refractivity contribution in [1.29, 1.82) is 0 Å². The van der Waals surface area contributed by atoms with E-state index >= 15 is 0 Å². The summed E-state index contributed by atoms with van der Waals surface area (Å²) in [6, 6.07) is 19.2. The van der Waals surface area contributed by atoms with Crippen molar-refractivity contribution in [2.24, 2.45) is 0 Å². The van der Waals surface area contributed by atoms with Crippen LogP contribution in [0.2, 0.25) is 0 Å². The zero-order chi connectivity index (χ0) is 22.6. The van der Waals surface area contributed by atoms with Crippen molar-refractivity contribution >= 4 is 17.7 Å². The van der Waals surface area contributed by atoms with Crippen LogP contribution in [-0.4, -0.2) is 31.7 Å². The van der Waals surface area contributed by atoms with E-state index in [0.717, 1.165) is 11.1 Å². The van der Waals surface area contributed by atoms with Gasteiger partial charge < -0.3 is 24.9 Å². The predicted octanol–water partition coefficient (Wildman–Crippen LogP) is 3.56. The molecule has 0 amide bonds. The van der Waals surface area contributed by atoms with E-state index in [1.165, 1.54) is 4.52 Å². The highest BCUT2D eigenvalue weighted by atomic mass is 16.5. The Morgan fingerprint density at radius 2 is 1.85 bits per heavy atom. The fraction of sp³-hybridized carbons (Fsp3) is 0.130.